The van der Waals surface area contributed by atoms with Crippen molar-refractivity contribution in [2.75, 3.05) is 0 Å². The van der Waals surface area contributed by atoms with Gasteiger partial charge >= 0.3 is 5.97 Å². The average Bonchev–Trinajstić information content (AvgIpc) is 2.80. The monoisotopic (exact) mass is 298 g/mol. The maximum Gasteiger partial charge on any atom is 0.326 e. The van der Waals surface area contributed by atoms with Crippen molar-refractivity contribution in [3.8, 4) is 0 Å². The number of amides is 1. The van der Waals surface area contributed by atoms with E-state index < -0.39 is 12.0 Å². The summed E-state index contributed by atoms with van der Waals surface area (Å²) in [5, 5.41) is 14.6. The molecule has 0 aliphatic heterocycles. The summed E-state index contributed by atoms with van der Waals surface area (Å²) in [4.78, 5) is 27.1. The van der Waals surface area contributed by atoms with E-state index >= 15 is 0 Å². The first-order valence-electron chi connectivity index (χ1n) is 6.96. The van der Waals surface area contributed by atoms with Crippen LogP contribution in [0.15, 0.2) is 5.38 Å². The van der Waals surface area contributed by atoms with Gasteiger partial charge in [0.25, 0.3) is 0 Å². The number of carbonyl (C=O) groups is 2. The van der Waals surface area contributed by atoms with Crippen molar-refractivity contribution in [3.05, 3.63) is 16.1 Å². The zero-order valence-corrected chi connectivity index (χ0v) is 12.8. The van der Waals surface area contributed by atoms with Crippen molar-refractivity contribution in [2.24, 2.45) is 0 Å². The van der Waals surface area contributed by atoms with Crippen LogP contribution in [-0.4, -0.2) is 28.0 Å². The third kappa shape index (κ3) is 6.14. The second-order valence-electron chi connectivity index (χ2n) is 4.81. The summed E-state index contributed by atoms with van der Waals surface area (Å²) in [6.07, 6.45) is 3.99. The molecule has 0 radical (unpaired) electrons. The molecule has 0 aliphatic carbocycles. The molecule has 112 valence electrons. The van der Waals surface area contributed by atoms with Gasteiger partial charge in [0.1, 0.15) is 6.04 Å². The Kier molecular flexibility index (Phi) is 7.22. The minimum absolute atomic E-state index is 0.194. The van der Waals surface area contributed by atoms with Gasteiger partial charge in [0, 0.05) is 11.8 Å². The van der Waals surface area contributed by atoms with Gasteiger partial charge < -0.3 is 10.4 Å². The minimum Gasteiger partial charge on any atom is -0.480 e. The number of nitrogens with zero attached hydrogens (tertiary/aromatic N) is 1. The molecule has 6 heteroatoms. The predicted molar refractivity (Wildman–Crippen MR) is 78.9 cm³/mol. The molecule has 1 aromatic rings. The van der Waals surface area contributed by atoms with Crippen LogP contribution in [0.4, 0.5) is 0 Å². The molecule has 2 N–H and O–H groups in total. The molecule has 1 amide bonds. The summed E-state index contributed by atoms with van der Waals surface area (Å²) in [6, 6.07) is -0.760. The van der Waals surface area contributed by atoms with Crippen LogP contribution in [0.2, 0.25) is 0 Å². The molecule has 1 rings (SSSR count). The molecule has 0 aliphatic rings. The lowest BCUT2D eigenvalue weighted by molar-refractivity contribution is -0.142. The molecule has 1 atom stereocenters. The highest BCUT2D eigenvalue weighted by molar-refractivity contribution is 7.09. The van der Waals surface area contributed by atoms with Crippen LogP contribution in [0.3, 0.4) is 0 Å². The van der Waals surface area contributed by atoms with Crippen LogP contribution in [0.25, 0.3) is 0 Å². The molecular formula is C14H22N2O3S. The highest BCUT2D eigenvalue weighted by Crippen LogP contribution is 2.10. The van der Waals surface area contributed by atoms with Crippen LogP contribution in [0.5, 0.6) is 0 Å². The first-order chi connectivity index (χ1) is 9.52. The van der Waals surface area contributed by atoms with Gasteiger partial charge in [0.05, 0.1) is 10.7 Å². The standard InChI is InChI=1S/C14H22N2O3S/c1-3-4-7-12(14(18)19)16-13(17)8-5-6-11-9-20-10(2)15-11/h9,12H,3-8H2,1-2H3,(H,16,17)(H,18,19)/t12-/m0/s1. The molecule has 20 heavy (non-hydrogen) atoms. The largest absolute Gasteiger partial charge is 0.480 e. The number of aliphatic carboxylic acids is 1. The Hall–Kier alpha value is -1.43. The fourth-order valence-electron chi connectivity index (χ4n) is 1.89. The van der Waals surface area contributed by atoms with E-state index in [1.54, 1.807) is 11.3 Å². The number of carbonyl (C=O) groups excluding carboxylic acids is 1. The second kappa shape index (κ2) is 8.68. The lowest BCUT2D eigenvalue weighted by Gasteiger charge is -2.13. The van der Waals surface area contributed by atoms with Crippen molar-refractivity contribution in [1.82, 2.24) is 10.3 Å². The summed E-state index contributed by atoms with van der Waals surface area (Å²) in [5.41, 5.74) is 1.00. The Morgan fingerprint density at radius 2 is 2.20 bits per heavy atom. The first kappa shape index (κ1) is 16.6. The smallest absolute Gasteiger partial charge is 0.326 e. The maximum absolute atomic E-state index is 11.7. The van der Waals surface area contributed by atoms with Gasteiger partial charge in [-0.15, -0.1) is 11.3 Å². The zero-order valence-electron chi connectivity index (χ0n) is 12.0. The van der Waals surface area contributed by atoms with E-state index in [1.165, 1.54) is 0 Å². The molecule has 1 aromatic heterocycles. The van der Waals surface area contributed by atoms with Crippen molar-refractivity contribution in [2.45, 2.75) is 58.4 Å². The Balaban J connectivity index is 2.28. The van der Waals surface area contributed by atoms with Crippen LogP contribution in [0, 0.1) is 6.92 Å². The Morgan fingerprint density at radius 3 is 2.75 bits per heavy atom. The third-order valence-corrected chi connectivity index (χ3v) is 3.81. The molecule has 1 heterocycles. The lowest BCUT2D eigenvalue weighted by Crippen LogP contribution is -2.40. The highest BCUT2D eigenvalue weighted by atomic mass is 32.1. The quantitative estimate of drug-likeness (QED) is 0.734. The third-order valence-electron chi connectivity index (χ3n) is 2.98. The van der Waals surface area contributed by atoms with Crippen LogP contribution >= 0.6 is 11.3 Å². The summed E-state index contributed by atoms with van der Waals surface area (Å²) in [7, 11) is 0. The number of unbranched alkanes of at least 4 members (excludes halogenated alkanes) is 1. The Labute approximate surface area is 123 Å². The van der Waals surface area contributed by atoms with Gasteiger partial charge in [0.2, 0.25) is 5.91 Å². The van der Waals surface area contributed by atoms with Crippen LogP contribution in [-0.2, 0) is 16.0 Å². The number of rotatable bonds is 9. The van der Waals surface area contributed by atoms with Crippen molar-refractivity contribution < 1.29 is 14.7 Å². The molecule has 0 fully saturated rings. The number of nitrogens with one attached hydrogen (secondary N) is 1. The van der Waals surface area contributed by atoms with Crippen LogP contribution in [0.1, 0.15) is 49.7 Å². The van der Waals surface area contributed by atoms with Crippen molar-refractivity contribution in [3.63, 3.8) is 0 Å². The summed E-state index contributed by atoms with van der Waals surface area (Å²) >= 11 is 1.60. The fourth-order valence-corrected chi connectivity index (χ4v) is 2.53. The molecule has 0 bridgehead atoms. The average molecular weight is 298 g/mol. The van der Waals surface area contributed by atoms with Crippen LogP contribution < -0.4 is 5.32 Å². The van der Waals surface area contributed by atoms with Crippen molar-refractivity contribution >= 4 is 23.2 Å². The van der Waals surface area contributed by atoms with E-state index in [1.807, 2.05) is 19.2 Å². The van der Waals surface area contributed by atoms with Gasteiger partial charge in [-0.3, -0.25) is 4.79 Å². The van der Waals surface area contributed by atoms with E-state index in [-0.39, 0.29) is 5.91 Å². The molecule has 0 unspecified atom stereocenters. The van der Waals surface area contributed by atoms with E-state index in [0.29, 0.717) is 19.3 Å². The van der Waals surface area contributed by atoms with Gasteiger partial charge in [-0.1, -0.05) is 19.8 Å². The molecule has 0 aromatic carbocycles. The topological polar surface area (TPSA) is 79.3 Å². The first-order valence-corrected chi connectivity index (χ1v) is 7.84. The summed E-state index contributed by atoms with van der Waals surface area (Å²) in [5.74, 6) is -1.15. The Bertz CT molecular complexity index is 445. The van der Waals surface area contributed by atoms with Gasteiger partial charge in [-0.05, 0) is 26.2 Å². The number of hydrogen-bond donors (Lipinski definition) is 2. The molecule has 0 saturated carbocycles. The van der Waals surface area contributed by atoms with Crippen molar-refractivity contribution in [1.29, 1.82) is 0 Å². The molecule has 5 nitrogen and oxygen atoms in total. The predicted octanol–water partition coefficient (Wildman–Crippen LogP) is 2.53. The molecule has 0 spiro atoms. The molecule has 0 saturated heterocycles. The SMILES string of the molecule is CCCC[C@H](NC(=O)CCCc1csc(C)n1)C(=O)O. The van der Waals surface area contributed by atoms with E-state index in [0.717, 1.165) is 30.0 Å². The number of carboxylic acids is 1. The van der Waals surface area contributed by atoms with Gasteiger partial charge in [-0.25, -0.2) is 9.78 Å². The van der Waals surface area contributed by atoms with E-state index in [9.17, 15) is 9.59 Å². The number of aryl methyl sites for hydroxylation is 2. The fraction of sp³-hybridized carbons (Fsp3) is 0.643. The minimum atomic E-state index is -0.957. The van der Waals surface area contributed by atoms with E-state index in [4.69, 9.17) is 5.11 Å². The maximum atomic E-state index is 11.7. The normalized spacial score (nSPS) is 12.1. The number of hydrogen-bond acceptors (Lipinski definition) is 4. The lowest BCUT2D eigenvalue weighted by atomic mass is 10.1. The zero-order chi connectivity index (χ0) is 15.0. The number of aromatic nitrogens is 1. The second-order valence-corrected chi connectivity index (χ2v) is 5.87. The number of carboxylic acid groups (broad SMARTS) is 1. The summed E-state index contributed by atoms with van der Waals surface area (Å²) < 4.78 is 0. The van der Waals surface area contributed by atoms with Gasteiger partial charge in [0.15, 0.2) is 0 Å². The summed E-state index contributed by atoms with van der Waals surface area (Å²) in [6.45, 7) is 3.95. The highest BCUT2D eigenvalue weighted by Gasteiger charge is 2.18. The van der Waals surface area contributed by atoms with E-state index in [2.05, 4.69) is 10.3 Å². The number of thiazole rings is 1. The van der Waals surface area contributed by atoms with Gasteiger partial charge in [-0.2, -0.15) is 0 Å². The molecular weight excluding hydrogens is 276 g/mol. The Morgan fingerprint density at radius 1 is 1.45 bits per heavy atom.